The summed E-state index contributed by atoms with van der Waals surface area (Å²) in [5, 5.41) is 12.3. The molecule has 170 valence electrons. The minimum absolute atomic E-state index is 0.225. The van der Waals surface area contributed by atoms with Crippen LogP contribution in [0.4, 0.5) is 5.95 Å². The van der Waals surface area contributed by atoms with Crippen molar-refractivity contribution >= 4 is 23.3 Å². The Balaban J connectivity index is 1.49. The van der Waals surface area contributed by atoms with Gasteiger partial charge in [0.05, 0.1) is 23.4 Å². The lowest BCUT2D eigenvalue weighted by molar-refractivity contribution is 0.582. The van der Waals surface area contributed by atoms with Crippen LogP contribution < -0.4 is 10.7 Å². The predicted molar refractivity (Wildman–Crippen MR) is 135 cm³/mol. The highest BCUT2D eigenvalue weighted by Crippen LogP contribution is 2.46. The smallest absolute Gasteiger partial charge is 0.263 e. The van der Waals surface area contributed by atoms with Gasteiger partial charge in [-0.3, -0.25) is 4.57 Å². The predicted octanol–water partition coefficient (Wildman–Crippen LogP) is 4.64. The Morgan fingerprint density at radius 2 is 1.71 bits per heavy atom. The van der Waals surface area contributed by atoms with Crippen molar-refractivity contribution in [3.8, 4) is 5.69 Å². The number of aromatic nitrogens is 3. The van der Waals surface area contributed by atoms with Gasteiger partial charge in [-0.1, -0.05) is 65.7 Å². The molecule has 0 fully saturated rings. The summed E-state index contributed by atoms with van der Waals surface area (Å²) in [6.07, 6.45) is 1.98. The minimum Gasteiger partial charge on any atom is -0.263 e. The Kier molecular flexibility index (Phi) is 4.74. The Morgan fingerprint density at radius 3 is 2.47 bits per heavy atom. The number of hydrogen-bond acceptors (Lipinski definition) is 4. The van der Waals surface area contributed by atoms with Gasteiger partial charge in [0.2, 0.25) is 5.95 Å². The van der Waals surface area contributed by atoms with Gasteiger partial charge in [-0.05, 0) is 60.7 Å². The SMILES string of the molecule is Cc1ccc(C2=NN(c3nn(-c4ccc(Cl)cc4)c(=O)n3C)C[C@@]23CCc2ccccc23)cc1. The molecule has 0 saturated heterocycles. The topological polar surface area (TPSA) is 55.4 Å². The maximum atomic E-state index is 13.1. The van der Waals surface area contributed by atoms with Gasteiger partial charge in [0.1, 0.15) is 0 Å². The first-order valence-corrected chi connectivity index (χ1v) is 11.8. The van der Waals surface area contributed by atoms with Crippen LogP contribution >= 0.6 is 11.6 Å². The van der Waals surface area contributed by atoms with Crippen LogP contribution in [0.1, 0.15) is 28.7 Å². The molecule has 3 aromatic carbocycles. The number of anilines is 1. The fourth-order valence-corrected chi connectivity index (χ4v) is 5.37. The third-order valence-electron chi connectivity index (χ3n) is 7.03. The second kappa shape index (κ2) is 7.71. The molecule has 0 unspecified atom stereocenters. The van der Waals surface area contributed by atoms with Crippen LogP contribution in [0.3, 0.4) is 0 Å². The van der Waals surface area contributed by atoms with Crippen LogP contribution in [0.5, 0.6) is 0 Å². The fourth-order valence-electron chi connectivity index (χ4n) is 5.24. The second-order valence-electron chi connectivity index (χ2n) is 9.14. The molecule has 7 heteroatoms. The quantitative estimate of drug-likeness (QED) is 0.439. The number of nitrogens with zero attached hydrogens (tertiary/aromatic N) is 5. The van der Waals surface area contributed by atoms with E-state index in [1.54, 1.807) is 35.9 Å². The van der Waals surface area contributed by atoms with E-state index in [-0.39, 0.29) is 11.1 Å². The third-order valence-corrected chi connectivity index (χ3v) is 7.28. The summed E-state index contributed by atoms with van der Waals surface area (Å²) >= 11 is 6.03. The number of hydrogen-bond donors (Lipinski definition) is 0. The highest BCUT2D eigenvalue weighted by atomic mass is 35.5. The number of hydrazone groups is 1. The van der Waals surface area contributed by atoms with E-state index >= 15 is 0 Å². The maximum Gasteiger partial charge on any atom is 0.351 e. The van der Waals surface area contributed by atoms with E-state index in [2.05, 4.69) is 60.6 Å². The van der Waals surface area contributed by atoms with Crippen LogP contribution in [-0.4, -0.2) is 26.6 Å². The zero-order valence-corrected chi connectivity index (χ0v) is 19.8. The highest BCUT2D eigenvalue weighted by Gasteiger charge is 2.49. The van der Waals surface area contributed by atoms with Crippen molar-refractivity contribution in [3.05, 3.63) is 111 Å². The Hall–Kier alpha value is -3.64. The average molecular weight is 470 g/mol. The molecule has 1 aliphatic heterocycles. The van der Waals surface area contributed by atoms with Gasteiger partial charge in [0, 0.05) is 12.1 Å². The zero-order chi connectivity index (χ0) is 23.4. The molecule has 4 aromatic rings. The molecule has 0 bridgehead atoms. The van der Waals surface area contributed by atoms with Gasteiger partial charge in [-0.2, -0.15) is 9.78 Å². The van der Waals surface area contributed by atoms with E-state index < -0.39 is 0 Å². The van der Waals surface area contributed by atoms with Crippen LogP contribution in [-0.2, 0) is 18.9 Å². The van der Waals surface area contributed by atoms with Crippen LogP contribution in [0.15, 0.2) is 82.7 Å². The maximum absolute atomic E-state index is 13.1. The summed E-state index contributed by atoms with van der Waals surface area (Å²) in [5.74, 6) is 0.519. The molecule has 2 heterocycles. The standard InChI is InChI=1S/C27H24ClN5O/c1-18-7-9-20(10-8-18)24-27(16-15-19-5-3-4-6-23(19)27)17-32(29-24)25-30-33(26(34)31(25)2)22-13-11-21(28)12-14-22/h3-14H,15-17H2,1-2H3/t27-/m1/s1. The van der Waals surface area contributed by atoms with E-state index in [1.807, 2.05) is 5.01 Å². The van der Waals surface area contributed by atoms with Crippen molar-refractivity contribution in [1.82, 2.24) is 14.3 Å². The fraction of sp³-hybridized carbons (Fsp3) is 0.222. The zero-order valence-electron chi connectivity index (χ0n) is 19.1. The third kappa shape index (κ3) is 3.13. The lowest BCUT2D eigenvalue weighted by Crippen LogP contribution is -2.37. The molecule has 0 saturated carbocycles. The molecule has 1 aliphatic carbocycles. The van der Waals surface area contributed by atoms with Gasteiger partial charge in [0.25, 0.3) is 0 Å². The van der Waals surface area contributed by atoms with Crippen LogP contribution in [0.25, 0.3) is 5.69 Å². The molecule has 0 N–H and O–H groups in total. The Bertz CT molecular complexity index is 1480. The van der Waals surface area contributed by atoms with E-state index in [1.165, 1.54) is 21.4 Å². The van der Waals surface area contributed by atoms with Gasteiger partial charge in [-0.15, -0.1) is 5.10 Å². The summed E-state index contributed by atoms with van der Waals surface area (Å²) in [6, 6.07) is 24.3. The first-order valence-electron chi connectivity index (χ1n) is 11.4. The van der Waals surface area contributed by atoms with E-state index in [4.69, 9.17) is 16.7 Å². The molecule has 1 spiro atoms. The Morgan fingerprint density at radius 1 is 0.971 bits per heavy atom. The second-order valence-corrected chi connectivity index (χ2v) is 9.58. The first kappa shape index (κ1) is 20.9. The van der Waals surface area contributed by atoms with E-state index in [9.17, 15) is 4.79 Å². The van der Waals surface area contributed by atoms with Crippen molar-refractivity contribution in [2.24, 2.45) is 12.1 Å². The average Bonchev–Trinajstić information content (AvgIpc) is 3.51. The first-order chi connectivity index (χ1) is 16.5. The molecule has 0 radical (unpaired) electrons. The summed E-state index contributed by atoms with van der Waals surface area (Å²) in [6.45, 7) is 2.73. The van der Waals surface area contributed by atoms with Crippen LogP contribution in [0, 0.1) is 6.92 Å². The summed E-state index contributed by atoms with van der Waals surface area (Å²) in [5.41, 5.74) is 6.23. The number of halogens is 1. The number of aryl methyl sites for hydroxylation is 2. The monoisotopic (exact) mass is 469 g/mol. The normalized spacial score (nSPS) is 19.0. The van der Waals surface area contributed by atoms with Gasteiger partial charge < -0.3 is 0 Å². The number of fused-ring (bicyclic) bond motifs is 2. The van der Waals surface area contributed by atoms with E-state index in [0.29, 0.717) is 23.2 Å². The molecule has 1 atom stereocenters. The van der Waals surface area contributed by atoms with Gasteiger partial charge in [-0.25, -0.2) is 9.80 Å². The molecule has 6 rings (SSSR count). The lowest BCUT2D eigenvalue weighted by atomic mass is 9.75. The van der Waals surface area contributed by atoms with E-state index in [0.717, 1.165) is 24.1 Å². The van der Waals surface area contributed by atoms with Crippen molar-refractivity contribution in [2.75, 3.05) is 11.6 Å². The summed E-state index contributed by atoms with van der Waals surface area (Å²) < 4.78 is 2.96. The molecule has 1 aromatic heterocycles. The Labute approximate surface area is 202 Å². The van der Waals surface area contributed by atoms with Crippen molar-refractivity contribution < 1.29 is 0 Å². The minimum atomic E-state index is -0.244. The van der Waals surface area contributed by atoms with Gasteiger partial charge in [0.15, 0.2) is 0 Å². The molecule has 6 nitrogen and oxygen atoms in total. The molecule has 2 aliphatic rings. The molecule has 34 heavy (non-hydrogen) atoms. The van der Waals surface area contributed by atoms with Crippen molar-refractivity contribution in [3.63, 3.8) is 0 Å². The van der Waals surface area contributed by atoms with Crippen molar-refractivity contribution in [1.29, 1.82) is 0 Å². The highest BCUT2D eigenvalue weighted by molar-refractivity contribution is 6.30. The number of benzene rings is 3. The van der Waals surface area contributed by atoms with Crippen LogP contribution in [0.2, 0.25) is 5.02 Å². The summed E-state index contributed by atoms with van der Waals surface area (Å²) in [7, 11) is 1.74. The lowest BCUT2D eigenvalue weighted by Gasteiger charge is -2.27. The molecule has 0 amide bonds. The number of rotatable bonds is 3. The summed E-state index contributed by atoms with van der Waals surface area (Å²) in [4.78, 5) is 13.1. The largest absolute Gasteiger partial charge is 0.351 e. The van der Waals surface area contributed by atoms with Crippen molar-refractivity contribution in [2.45, 2.75) is 25.2 Å². The molecular weight excluding hydrogens is 446 g/mol. The molecular formula is C27H24ClN5O. The van der Waals surface area contributed by atoms with Gasteiger partial charge >= 0.3 is 5.69 Å².